The lowest BCUT2D eigenvalue weighted by Crippen LogP contribution is -2.51. The minimum atomic E-state index is 0.110. The van der Waals surface area contributed by atoms with E-state index in [-0.39, 0.29) is 5.91 Å². The summed E-state index contributed by atoms with van der Waals surface area (Å²) in [6.45, 7) is 6.43. The van der Waals surface area contributed by atoms with Crippen molar-refractivity contribution in [3.05, 3.63) is 29.6 Å². The summed E-state index contributed by atoms with van der Waals surface area (Å²) in [5, 5.41) is 3.32. The molecule has 4 nitrogen and oxygen atoms in total. The third-order valence-corrected chi connectivity index (χ3v) is 2.80. The maximum Gasteiger partial charge on any atom is 0.254 e. The van der Waals surface area contributed by atoms with Crippen LogP contribution < -0.4 is 5.32 Å². The normalized spacial score (nSPS) is 20.9. The lowest BCUT2D eigenvalue weighted by Gasteiger charge is -2.31. The van der Waals surface area contributed by atoms with Gasteiger partial charge in [0, 0.05) is 43.1 Å². The number of aromatic nitrogens is 1. The van der Waals surface area contributed by atoms with E-state index in [1.54, 1.807) is 12.3 Å². The molecule has 0 spiro atoms. The second-order valence-electron chi connectivity index (χ2n) is 4.29. The van der Waals surface area contributed by atoms with E-state index in [0.717, 1.165) is 30.9 Å². The molecule has 1 aliphatic rings. The van der Waals surface area contributed by atoms with E-state index < -0.39 is 0 Å². The van der Waals surface area contributed by atoms with Crippen molar-refractivity contribution < 1.29 is 4.79 Å². The molecule has 0 unspecified atom stereocenters. The summed E-state index contributed by atoms with van der Waals surface area (Å²) < 4.78 is 0. The quantitative estimate of drug-likeness (QED) is 0.760. The van der Waals surface area contributed by atoms with Crippen LogP contribution in [-0.2, 0) is 0 Å². The Balaban J connectivity index is 2.12. The molecule has 2 rings (SSSR count). The molecule has 1 amide bonds. The number of piperazine rings is 1. The zero-order valence-corrected chi connectivity index (χ0v) is 9.73. The molecule has 0 aliphatic carbocycles. The molecular formula is C12H17N3O. The van der Waals surface area contributed by atoms with E-state index in [4.69, 9.17) is 0 Å². The summed E-state index contributed by atoms with van der Waals surface area (Å²) >= 11 is 0. The molecule has 1 aliphatic heterocycles. The van der Waals surface area contributed by atoms with Gasteiger partial charge in [0.25, 0.3) is 5.91 Å². The summed E-state index contributed by atoms with van der Waals surface area (Å²) in [5.74, 6) is 0.110. The molecule has 4 heteroatoms. The van der Waals surface area contributed by atoms with Gasteiger partial charge in [0.2, 0.25) is 0 Å². The lowest BCUT2D eigenvalue weighted by molar-refractivity contribution is 0.0709. The van der Waals surface area contributed by atoms with E-state index in [2.05, 4.69) is 17.2 Å². The number of carbonyl (C=O) groups is 1. The van der Waals surface area contributed by atoms with E-state index >= 15 is 0 Å². The Bertz CT molecular complexity index is 392. The largest absolute Gasteiger partial charge is 0.336 e. The fourth-order valence-electron chi connectivity index (χ4n) is 1.98. The van der Waals surface area contributed by atoms with Crippen LogP contribution in [0.15, 0.2) is 18.3 Å². The van der Waals surface area contributed by atoms with Gasteiger partial charge < -0.3 is 10.2 Å². The fraction of sp³-hybridized carbons (Fsp3) is 0.500. The van der Waals surface area contributed by atoms with Crippen molar-refractivity contribution in [2.24, 2.45) is 0 Å². The molecule has 1 aromatic heterocycles. The lowest BCUT2D eigenvalue weighted by atomic mass is 10.1. The Labute approximate surface area is 95.7 Å². The molecule has 0 bridgehead atoms. The minimum Gasteiger partial charge on any atom is -0.336 e. The molecule has 86 valence electrons. The number of hydrogen-bond donors (Lipinski definition) is 1. The number of nitrogens with one attached hydrogen (secondary N) is 1. The standard InChI is InChI=1S/C12H17N3O/c1-9-7-11(3-4-13-9)12(16)15-6-5-14-10(2)8-15/h3-4,7,10,14H,5-6,8H2,1-2H3/t10-/m0/s1. The third kappa shape index (κ3) is 2.39. The maximum atomic E-state index is 12.2. The molecule has 1 atom stereocenters. The highest BCUT2D eigenvalue weighted by Crippen LogP contribution is 2.08. The van der Waals surface area contributed by atoms with Crippen LogP contribution in [0.4, 0.5) is 0 Å². The van der Waals surface area contributed by atoms with Gasteiger partial charge >= 0.3 is 0 Å². The predicted molar refractivity (Wildman–Crippen MR) is 62.3 cm³/mol. The summed E-state index contributed by atoms with van der Waals surface area (Å²) in [7, 11) is 0. The Kier molecular flexibility index (Phi) is 3.19. The molecular weight excluding hydrogens is 202 g/mol. The van der Waals surface area contributed by atoms with E-state index in [1.807, 2.05) is 17.9 Å². The number of hydrogen-bond acceptors (Lipinski definition) is 3. The smallest absolute Gasteiger partial charge is 0.254 e. The average molecular weight is 219 g/mol. The molecule has 1 fully saturated rings. The van der Waals surface area contributed by atoms with Crippen molar-refractivity contribution in [2.75, 3.05) is 19.6 Å². The summed E-state index contributed by atoms with van der Waals surface area (Å²) in [6.07, 6.45) is 1.69. The maximum absolute atomic E-state index is 12.2. The van der Waals surface area contributed by atoms with Gasteiger partial charge in [-0.25, -0.2) is 0 Å². The van der Waals surface area contributed by atoms with Crippen molar-refractivity contribution in [1.82, 2.24) is 15.2 Å². The van der Waals surface area contributed by atoms with Crippen LogP contribution in [0.3, 0.4) is 0 Å². The number of carbonyl (C=O) groups excluding carboxylic acids is 1. The van der Waals surface area contributed by atoms with Crippen LogP contribution in [0.5, 0.6) is 0 Å². The third-order valence-electron chi connectivity index (χ3n) is 2.80. The summed E-state index contributed by atoms with van der Waals surface area (Å²) in [4.78, 5) is 18.2. The van der Waals surface area contributed by atoms with E-state index in [1.165, 1.54) is 0 Å². The van der Waals surface area contributed by atoms with Crippen LogP contribution in [0.25, 0.3) is 0 Å². The SMILES string of the molecule is Cc1cc(C(=O)N2CCN[C@@H](C)C2)ccn1. The Morgan fingerprint density at radius 3 is 3.12 bits per heavy atom. The number of aryl methyl sites for hydroxylation is 1. The zero-order valence-electron chi connectivity index (χ0n) is 9.73. The molecule has 0 saturated carbocycles. The van der Waals surface area contributed by atoms with Crippen LogP contribution in [-0.4, -0.2) is 41.5 Å². The molecule has 0 aromatic carbocycles. The Hall–Kier alpha value is -1.42. The highest BCUT2D eigenvalue weighted by atomic mass is 16.2. The first kappa shape index (κ1) is 11.1. The van der Waals surface area contributed by atoms with Crippen molar-refractivity contribution >= 4 is 5.91 Å². The number of amides is 1. The van der Waals surface area contributed by atoms with Crippen LogP contribution >= 0.6 is 0 Å². The molecule has 1 saturated heterocycles. The van der Waals surface area contributed by atoms with Gasteiger partial charge in [-0.1, -0.05) is 0 Å². The second-order valence-corrected chi connectivity index (χ2v) is 4.29. The van der Waals surface area contributed by atoms with E-state index in [9.17, 15) is 4.79 Å². The first-order valence-electron chi connectivity index (χ1n) is 5.62. The van der Waals surface area contributed by atoms with Gasteiger partial charge in [0.15, 0.2) is 0 Å². The summed E-state index contributed by atoms with van der Waals surface area (Å²) in [6, 6.07) is 4.00. The molecule has 1 aromatic rings. The highest BCUT2D eigenvalue weighted by molar-refractivity contribution is 5.94. The topological polar surface area (TPSA) is 45.2 Å². The average Bonchev–Trinajstić information content (AvgIpc) is 2.28. The monoisotopic (exact) mass is 219 g/mol. The number of rotatable bonds is 1. The highest BCUT2D eigenvalue weighted by Gasteiger charge is 2.21. The van der Waals surface area contributed by atoms with Crippen molar-refractivity contribution in [3.8, 4) is 0 Å². The molecule has 2 heterocycles. The molecule has 0 radical (unpaired) electrons. The van der Waals surface area contributed by atoms with Gasteiger partial charge in [0.05, 0.1) is 0 Å². The first-order chi connectivity index (χ1) is 7.66. The number of nitrogens with zero attached hydrogens (tertiary/aromatic N) is 2. The van der Waals surface area contributed by atoms with Gasteiger partial charge in [-0.2, -0.15) is 0 Å². The van der Waals surface area contributed by atoms with Crippen LogP contribution in [0.2, 0.25) is 0 Å². The van der Waals surface area contributed by atoms with Crippen molar-refractivity contribution in [1.29, 1.82) is 0 Å². The number of pyridine rings is 1. The van der Waals surface area contributed by atoms with Crippen molar-refractivity contribution in [2.45, 2.75) is 19.9 Å². The van der Waals surface area contributed by atoms with Crippen LogP contribution in [0.1, 0.15) is 23.0 Å². The van der Waals surface area contributed by atoms with Gasteiger partial charge in [-0.3, -0.25) is 9.78 Å². The van der Waals surface area contributed by atoms with Crippen LogP contribution in [0, 0.1) is 6.92 Å². The minimum absolute atomic E-state index is 0.110. The first-order valence-corrected chi connectivity index (χ1v) is 5.62. The molecule has 16 heavy (non-hydrogen) atoms. The van der Waals surface area contributed by atoms with Gasteiger partial charge in [0.1, 0.15) is 0 Å². The van der Waals surface area contributed by atoms with Gasteiger partial charge in [-0.05, 0) is 26.0 Å². The zero-order chi connectivity index (χ0) is 11.5. The van der Waals surface area contributed by atoms with E-state index in [0.29, 0.717) is 6.04 Å². The predicted octanol–water partition coefficient (Wildman–Crippen LogP) is 0.824. The fourth-order valence-corrected chi connectivity index (χ4v) is 1.98. The summed E-state index contributed by atoms with van der Waals surface area (Å²) in [5.41, 5.74) is 1.62. The molecule has 1 N–H and O–H groups in total. The Morgan fingerprint density at radius 1 is 1.62 bits per heavy atom. The van der Waals surface area contributed by atoms with Crippen molar-refractivity contribution in [3.63, 3.8) is 0 Å². The second kappa shape index (κ2) is 4.61. The Morgan fingerprint density at radius 2 is 2.44 bits per heavy atom. The van der Waals surface area contributed by atoms with Gasteiger partial charge in [-0.15, -0.1) is 0 Å².